The largest absolute Gasteiger partial charge is 0.489 e. The number of ether oxygens (including phenoxy) is 1. The van der Waals surface area contributed by atoms with E-state index in [0.29, 0.717) is 6.61 Å². The van der Waals surface area contributed by atoms with Crippen LogP contribution in [-0.4, -0.2) is 6.54 Å². The monoisotopic (exact) mass is 309 g/mol. The minimum atomic E-state index is 0.625. The van der Waals surface area contributed by atoms with Gasteiger partial charge in [-0.05, 0) is 48.6 Å². The lowest BCUT2D eigenvalue weighted by Crippen LogP contribution is -2.24. The summed E-state index contributed by atoms with van der Waals surface area (Å²) in [7, 11) is 0. The molecule has 2 aromatic rings. The number of rotatable bonds is 7. The zero-order valence-corrected chi connectivity index (χ0v) is 13.8. The average Bonchev–Trinajstić information content (AvgIpc) is 2.62. The molecular weight excluding hydrogens is 282 g/mol. The van der Waals surface area contributed by atoms with Gasteiger partial charge in [-0.25, -0.2) is 0 Å². The van der Waals surface area contributed by atoms with Gasteiger partial charge < -0.3 is 10.1 Å². The van der Waals surface area contributed by atoms with Crippen molar-refractivity contribution in [3.63, 3.8) is 0 Å². The molecule has 0 spiro atoms. The van der Waals surface area contributed by atoms with Crippen molar-refractivity contribution < 1.29 is 4.74 Å². The van der Waals surface area contributed by atoms with Gasteiger partial charge in [0.15, 0.2) is 0 Å². The SMILES string of the molecule is c1ccc(COc2cccc(CNCC3CCCCC3)c2)cc1. The van der Waals surface area contributed by atoms with Gasteiger partial charge in [0, 0.05) is 6.54 Å². The molecule has 1 N–H and O–H groups in total. The molecule has 0 amide bonds. The predicted molar refractivity (Wildman–Crippen MR) is 95.5 cm³/mol. The molecule has 23 heavy (non-hydrogen) atoms. The van der Waals surface area contributed by atoms with Crippen LogP contribution in [0, 0.1) is 5.92 Å². The van der Waals surface area contributed by atoms with E-state index in [1.165, 1.54) is 43.2 Å². The van der Waals surface area contributed by atoms with Gasteiger partial charge in [-0.2, -0.15) is 0 Å². The van der Waals surface area contributed by atoms with Crippen molar-refractivity contribution in [2.45, 2.75) is 45.3 Å². The van der Waals surface area contributed by atoms with Gasteiger partial charge in [-0.15, -0.1) is 0 Å². The zero-order valence-electron chi connectivity index (χ0n) is 13.8. The van der Waals surface area contributed by atoms with Crippen molar-refractivity contribution in [2.24, 2.45) is 5.92 Å². The van der Waals surface area contributed by atoms with Crippen LogP contribution < -0.4 is 10.1 Å². The van der Waals surface area contributed by atoms with Crippen LogP contribution in [0.2, 0.25) is 0 Å². The van der Waals surface area contributed by atoms with Crippen molar-refractivity contribution in [3.05, 3.63) is 65.7 Å². The van der Waals surface area contributed by atoms with E-state index in [2.05, 4.69) is 35.6 Å². The standard InChI is InChI=1S/C21H27NO/c1-3-8-18(9-4-1)15-22-16-20-12-7-13-21(14-20)23-17-19-10-5-2-6-11-19/h2,5-7,10-14,18,22H,1,3-4,8-9,15-17H2. The van der Waals surface area contributed by atoms with E-state index in [1.807, 2.05) is 24.3 Å². The Morgan fingerprint density at radius 1 is 0.870 bits per heavy atom. The Morgan fingerprint density at radius 2 is 1.65 bits per heavy atom. The fourth-order valence-electron chi connectivity index (χ4n) is 3.30. The highest BCUT2D eigenvalue weighted by atomic mass is 16.5. The van der Waals surface area contributed by atoms with Crippen LogP contribution >= 0.6 is 0 Å². The third kappa shape index (κ3) is 5.40. The molecule has 0 aliphatic heterocycles. The summed E-state index contributed by atoms with van der Waals surface area (Å²) in [5, 5.41) is 3.62. The van der Waals surface area contributed by atoms with Crippen LogP contribution in [0.3, 0.4) is 0 Å². The summed E-state index contributed by atoms with van der Waals surface area (Å²) in [5.74, 6) is 1.83. The molecule has 1 aliphatic rings. The highest BCUT2D eigenvalue weighted by Gasteiger charge is 2.12. The third-order valence-electron chi connectivity index (χ3n) is 4.63. The van der Waals surface area contributed by atoms with E-state index in [-0.39, 0.29) is 0 Å². The first-order valence-electron chi connectivity index (χ1n) is 8.86. The van der Waals surface area contributed by atoms with E-state index >= 15 is 0 Å². The fourth-order valence-corrected chi connectivity index (χ4v) is 3.30. The van der Waals surface area contributed by atoms with Gasteiger partial charge >= 0.3 is 0 Å². The van der Waals surface area contributed by atoms with Gasteiger partial charge in [0.2, 0.25) is 0 Å². The fraction of sp³-hybridized carbons (Fsp3) is 0.429. The number of hydrogen-bond acceptors (Lipinski definition) is 2. The molecule has 1 aliphatic carbocycles. The lowest BCUT2D eigenvalue weighted by atomic mass is 9.89. The summed E-state index contributed by atoms with van der Waals surface area (Å²) in [6.45, 7) is 2.70. The molecule has 0 radical (unpaired) electrons. The minimum absolute atomic E-state index is 0.625. The maximum Gasteiger partial charge on any atom is 0.120 e. The summed E-state index contributed by atoms with van der Waals surface area (Å²) in [6.07, 6.45) is 7.04. The second-order valence-electron chi connectivity index (χ2n) is 6.56. The first kappa shape index (κ1) is 16.1. The normalized spacial score (nSPS) is 15.5. The summed E-state index contributed by atoms with van der Waals surface area (Å²) in [5.41, 5.74) is 2.50. The molecule has 1 fully saturated rings. The van der Waals surface area contributed by atoms with Gasteiger partial charge in [-0.1, -0.05) is 61.7 Å². The Labute approximate surface area is 139 Å². The molecule has 0 saturated heterocycles. The molecule has 2 nitrogen and oxygen atoms in total. The van der Waals surface area contributed by atoms with Crippen LogP contribution in [0.5, 0.6) is 5.75 Å². The third-order valence-corrected chi connectivity index (χ3v) is 4.63. The van der Waals surface area contributed by atoms with Crippen LogP contribution in [-0.2, 0) is 13.2 Å². The van der Waals surface area contributed by atoms with Crippen LogP contribution in [0.15, 0.2) is 54.6 Å². The maximum absolute atomic E-state index is 5.90. The Morgan fingerprint density at radius 3 is 2.48 bits per heavy atom. The van der Waals surface area contributed by atoms with Crippen molar-refractivity contribution in [1.82, 2.24) is 5.32 Å². The first-order chi connectivity index (χ1) is 11.4. The van der Waals surface area contributed by atoms with E-state index in [4.69, 9.17) is 4.74 Å². The topological polar surface area (TPSA) is 21.3 Å². The summed E-state index contributed by atoms with van der Waals surface area (Å²) < 4.78 is 5.90. The van der Waals surface area contributed by atoms with Gasteiger partial charge in [0.05, 0.1) is 0 Å². The highest BCUT2D eigenvalue weighted by molar-refractivity contribution is 5.29. The molecular formula is C21H27NO. The number of hydrogen-bond donors (Lipinski definition) is 1. The zero-order chi connectivity index (χ0) is 15.7. The molecule has 0 heterocycles. The minimum Gasteiger partial charge on any atom is -0.489 e. The lowest BCUT2D eigenvalue weighted by Gasteiger charge is -2.21. The van der Waals surface area contributed by atoms with E-state index in [9.17, 15) is 0 Å². The lowest BCUT2D eigenvalue weighted by molar-refractivity contribution is 0.305. The molecule has 2 heteroatoms. The summed E-state index contributed by atoms with van der Waals surface area (Å²) >= 11 is 0. The molecule has 0 aromatic heterocycles. The van der Waals surface area contributed by atoms with Crippen molar-refractivity contribution in [3.8, 4) is 5.75 Å². The Balaban J connectivity index is 1.45. The Bertz CT molecular complexity index is 575. The van der Waals surface area contributed by atoms with Crippen molar-refractivity contribution in [2.75, 3.05) is 6.54 Å². The molecule has 3 rings (SSSR count). The van der Waals surface area contributed by atoms with Crippen LogP contribution in [0.1, 0.15) is 43.2 Å². The van der Waals surface area contributed by atoms with Crippen molar-refractivity contribution >= 4 is 0 Å². The molecule has 2 aromatic carbocycles. The van der Waals surface area contributed by atoms with Crippen LogP contribution in [0.4, 0.5) is 0 Å². The number of benzene rings is 2. The van der Waals surface area contributed by atoms with Crippen molar-refractivity contribution in [1.29, 1.82) is 0 Å². The van der Waals surface area contributed by atoms with E-state index in [1.54, 1.807) is 0 Å². The quantitative estimate of drug-likeness (QED) is 0.782. The summed E-state index contributed by atoms with van der Waals surface area (Å²) in [6, 6.07) is 18.7. The molecule has 1 saturated carbocycles. The molecule has 0 atom stereocenters. The van der Waals surface area contributed by atoms with E-state index < -0.39 is 0 Å². The van der Waals surface area contributed by atoms with E-state index in [0.717, 1.165) is 24.8 Å². The van der Waals surface area contributed by atoms with Crippen LogP contribution in [0.25, 0.3) is 0 Å². The van der Waals surface area contributed by atoms with Gasteiger partial charge in [0.1, 0.15) is 12.4 Å². The van der Waals surface area contributed by atoms with Gasteiger partial charge in [0.25, 0.3) is 0 Å². The first-order valence-corrected chi connectivity index (χ1v) is 8.86. The molecule has 122 valence electrons. The Hall–Kier alpha value is -1.80. The number of nitrogens with one attached hydrogen (secondary N) is 1. The second-order valence-corrected chi connectivity index (χ2v) is 6.56. The highest BCUT2D eigenvalue weighted by Crippen LogP contribution is 2.23. The molecule has 0 unspecified atom stereocenters. The predicted octanol–water partition coefficient (Wildman–Crippen LogP) is 4.94. The second kappa shape index (κ2) is 8.73. The van der Waals surface area contributed by atoms with Gasteiger partial charge in [-0.3, -0.25) is 0 Å². The smallest absolute Gasteiger partial charge is 0.120 e. The summed E-state index contributed by atoms with van der Waals surface area (Å²) in [4.78, 5) is 0. The Kier molecular flexibility index (Phi) is 6.10. The average molecular weight is 309 g/mol. The molecule has 0 bridgehead atoms. The maximum atomic E-state index is 5.90.